The molecule has 0 spiro atoms. The number of aliphatic hydroxyl groups is 1. The average molecular weight is 190 g/mol. The van der Waals surface area contributed by atoms with E-state index in [1.807, 2.05) is 30.3 Å². The summed E-state index contributed by atoms with van der Waals surface area (Å²) in [5.41, 5.74) is 1.85. The molecule has 76 valence electrons. The number of unbranched alkanes of at least 4 members (excludes halogenated alkanes) is 1. The summed E-state index contributed by atoms with van der Waals surface area (Å²) in [6, 6.07) is 9.69. The second-order valence-corrected chi connectivity index (χ2v) is 3.58. The van der Waals surface area contributed by atoms with Gasteiger partial charge in [-0.25, -0.2) is 0 Å². The van der Waals surface area contributed by atoms with Gasteiger partial charge in [0.1, 0.15) is 0 Å². The molecule has 1 aromatic rings. The Morgan fingerprint density at radius 1 is 1.36 bits per heavy atom. The highest BCUT2D eigenvalue weighted by Gasteiger charge is 2.09. The Bertz CT molecular complexity index is 277. The molecule has 0 amide bonds. The quantitative estimate of drug-likeness (QED) is 0.705. The van der Waals surface area contributed by atoms with Crippen LogP contribution in [0.3, 0.4) is 0 Å². The topological polar surface area (TPSA) is 20.2 Å². The van der Waals surface area contributed by atoms with Gasteiger partial charge in [-0.1, -0.05) is 50.3 Å². The summed E-state index contributed by atoms with van der Waals surface area (Å²) < 4.78 is 0. The van der Waals surface area contributed by atoms with Crippen LogP contribution in [0.2, 0.25) is 0 Å². The van der Waals surface area contributed by atoms with E-state index in [9.17, 15) is 5.11 Å². The van der Waals surface area contributed by atoms with Crippen molar-refractivity contribution in [3.63, 3.8) is 0 Å². The second kappa shape index (κ2) is 5.61. The summed E-state index contributed by atoms with van der Waals surface area (Å²) in [5, 5.41) is 9.92. The first-order valence-corrected chi connectivity index (χ1v) is 5.16. The zero-order valence-corrected chi connectivity index (χ0v) is 8.74. The van der Waals surface area contributed by atoms with Crippen molar-refractivity contribution in [2.24, 2.45) is 0 Å². The summed E-state index contributed by atoms with van der Waals surface area (Å²) >= 11 is 0. The van der Waals surface area contributed by atoms with E-state index in [1.165, 1.54) is 0 Å². The van der Waals surface area contributed by atoms with Crippen LogP contribution in [0, 0.1) is 0 Å². The van der Waals surface area contributed by atoms with Gasteiger partial charge in [-0.2, -0.15) is 0 Å². The number of hydrogen-bond acceptors (Lipinski definition) is 1. The second-order valence-electron chi connectivity index (χ2n) is 3.58. The van der Waals surface area contributed by atoms with Crippen LogP contribution in [0.4, 0.5) is 0 Å². The zero-order valence-electron chi connectivity index (χ0n) is 8.74. The molecule has 0 saturated carbocycles. The van der Waals surface area contributed by atoms with E-state index >= 15 is 0 Å². The Balaban J connectivity index is 2.57. The Kier molecular flexibility index (Phi) is 4.41. The monoisotopic (exact) mass is 190 g/mol. The van der Waals surface area contributed by atoms with E-state index in [0.29, 0.717) is 0 Å². The lowest BCUT2D eigenvalue weighted by molar-refractivity contribution is 0.211. The first-order chi connectivity index (χ1) is 6.75. The predicted octanol–water partition coefficient (Wildman–Crippen LogP) is 3.47. The van der Waals surface area contributed by atoms with Crippen molar-refractivity contribution in [2.75, 3.05) is 0 Å². The van der Waals surface area contributed by atoms with Crippen molar-refractivity contribution >= 4 is 0 Å². The third kappa shape index (κ3) is 3.00. The lowest BCUT2D eigenvalue weighted by atomic mass is 9.99. The van der Waals surface area contributed by atoms with Gasteiger partial charge in [0.05, 0.1) is 6.10 Å². The Labute approximate surface area is 86.1 Å². The molecule has 1 aromatic carbocycles. The van der Waals surface area contributed by atoms with Crippen LogP contribution < -0.4 is 0 Å². The van der Waals surface area contributed by atoms with Gasteiger partial charge in [0.25, 0.3) is 0 Å². The van der Waals surface area contributed by atoms with E-state index in [0.717, 1.165) is 30.4 Å². The molecular weight excluding hydrogens is 172 g/mol. The highest BCUT2D eigenvalue weighted by molar-refractivity contribution is 5.24. The first kappa shape index (κ1) is 11.0. The third-order valence-corrected chi connectivity index (χ3v) is 2.35. The van der Waals surface area contributed by atoms with Gasteiger partial charge < -0.3 is 5.11 Å². The highest BCUT2D eigenvalue weighted by atomic mass is 16.3. The summed E-state index contributed by atoms with van der Waals surface area (Å²) in [7, 11) is 0. The first-order valence-electron chi connectivity index (χ1n) is 5.16. The molecule has 1 nitrogen and oxygen atoms in total. The van der Waals surface area contributed by atoms with Crippen molar-refractivity contribution in [2.45, 2.75) is 32.3 Å². The maximum atomic E-state index is 9.92. The van der Waals surface area contributed by atoms with Gasteiger partial charge in [-0.15, -0.1) is 0 Å². The number of hydrogen-bond donors (Lipinski definition) is 1. The molecule has 1 N–H and O–H groups in total. The van der Waals surface area contributed by atoms with Crippen molar-refractivity contribution in [3.8, 4) is 0 Å². The maximum absolute atomic E-state index is 9.92. The molecule has 14 heavy (non-hydrogen) atoms. The molecule has 0 aromatic heterocycles. The average Bonchev–Trinajstić information content (AvgIpc) is 2.26. The van der Waals surface area contributed by atoms with E-state index in [2.05, 4.69) is 13.5 Å². The minimum atomic E-state index is -0.497. The Morgan fingerprint density at radius 3 is 2.57 bits per heavy atom. The molecule has 0 heterocycles. The van der Waals surface area contributed by atoms with Crippen LogP contribution in [0.5, 0.6) is 0 Å². The summed E-state index contributed by atoms with van der Waals surface area (Å²) in [6.45, 7) is 6.06. The zero-order chi connectivity index (χ0) is 10.4. The highest BCUT2D eigenvalue weighted by Crippen LogP contribution is 2.23. The largest absolute Gasteiger partial charge is 0.384 e. The Morgan fingerprint density at radius 2 is 2.00 bits per heavy atom. The summed E-state index contributed by atoms with van der Waals surface area (Å²) in [5.74, 6) is 0. The maximum Gasteiger partial charge on any atom is 0.0998 e. The minimum Gasteiger partial charge on any atom is -0.384 e. The van der Waals surface area contributed by atoms with Crippen LogP contribution in [0.15, 0.2) is 42.5 Å². The molecule has 0 aliphatic carbocycles. The van der Waals surface area contributed by atoms with Crippen LogP contribution in [0.1, 0.15) is 37.9 Å². The molecule has 0 radical (unpaired) electrons. The van der Waals surface area contributed by atoms with Crippen molar-refractivity contribution in [1.29, 1.82) is 0 Å². The predicted molar refractivity (Wildman–Crippen MR) is 60.1 cm³/mol. The van der Waals surface area contributed by atoms with Crippen molar-refractivity contribution in [3.05, 3.63) is 48.0 Å². The van der Waals surface area contributed by atoms with Gasteiger partial charge in [0.15, 0.2) is 0 Å². The van der Waals surface area contributed by atoms with E-state index in [4.69, 9.17) is 0 Å². The van der Waals surface area contributed by atoms with E-state index in [1.54, 1.807) is 0 Å². The fraction of sp³-hybridized carbons (Fsp3) is 0.385. The summed E-state index contributed by atoms with van der Waals surface area (Å²) in [6.07, 6.45) is 2.65. The van der Waals surface area contributed by atoms with Crippen molar-refractivity contribution < 1.29 is 5.11 Å². The van der Waals surface area contributed by atoms with Gasteiger partial charge in [0, 0.05) is 0 Å². The standard InChI is InChI=1S/C13H18O/c1-3-4-8-11(2)13(14)12-9-6-5-7-10-12/h5-7,9-10,13-14H,2-4,8H2,1H3. The third-order valence-electron chi connectivity index (χ3n) is 2.35. The van der Waals surface area contributed by atoms with Crippen LogP contribution in [-0.2, 0) is 0 Å². The van der Waals surface area contributed by atoms with Crippen LogP contribution in [-0.4, -0.2) is 5.11 Å². The lowest BCUT2D eigenvalue weighted by Crippen LogP contribution is -2.00. The molecule has 0 fully saturated rings. The SMILES string of the molecule is C=C(CCCC)C(O)c1ccccc1. The molecule has 0 bridgehead atoms. The minimum absolute atomic E-state index is 0.497. The van der Waals surface area contributed by atoms with E-state index in [-0.39, 0.29) is 0 Å². The molecule has 1 heteroatoms. The summed E-state index contributed by atoms with van der Waals surface area (Å²) in [4.78, 5) is 0. The number of benzene rings is 1. The van der Waals surface area contributed by atoms with Crippen LogP contribution in [0.25, 0.3) is 0 Å². The van der Waals surface area contributed by atoms with Crippen molar-refractivity contribution in [1.82, 2.24) is 0 Å². The molecular formula is C13H18O. The van der Waals surface area contributed by atoms with Crippen LogP contribution >= 0.6 is 0 Å². The molecule has 0 aliphatic rings. The molecule has 0 saturated heterocycles. The fourth-order valence-corrected chi connectivity index (χ4v) is 1.41. The van der Waals surface area contributed by atoms with Gasteiger partial charge >= 0.3 is 0 Å². The number of rotatable bonds is 5. The smallest absolute Gasteiger partial charge is 0.0998 e. The van der Waals surface area contributed by atoms with Gasteiger partial charge in [-0.3, -0.25) is 0 Å². The Hall–Kier alpha value is -1.08. The molecule has 1 atom stereocenters. The lowest BCUT2D eigenvalue weighted by Gasteiger charge is -2.13. The molecule has 1 rings (SSSR count). The molecule has 0 aliphatic heterocycles. The van der Waals surface area contributed by atoms with Gasteiger partial charge in [0.2, 0.25) is 0 Å². The fourth-order valence-electron chi connectivity index (χ4n) is 1.41. The van der Waals surface area contributed by atoms with Gasteiger partial charge in [-0.05, 0) is 24.0 Å². The molecule has 1 unspecified atom stereocenters. The van der Waals surface area contributed by atoms with E-state index < -0.39 is 6.10 Å². The number of aliphatic hydroxyl groups excluding tert-OH is 1. The normalized spacial score (nSPS) is 12.4.